The number of nitrogens with one attached hydrogen (secondary N) is 2. The normalized spacial score (nSPS) is 13.8. The molecule has 1 aromatic carbocycles. The van der Waals surface area contributed by atoms with Crippen LogP contribution in [-0.2, 0) is 20.7 Å². The summed E-state index contributed by atoms with van der Waals surface area (Å²) in [6.07, 6.45) is 2.25. The minimum absolute atomic E-state index is 0.0771. The molecule has 0 radical (unpaired) electrons. The number of esters is 1. The van der Waals surface area contributed by atoms with Crippen molar-refractivity contribution in [3.05, 3.63) is 36.0 Å². The number of carbonyl (C=O) groups excluding carboxylic acids is 2. The lowest BCUT2D eigenvalue weighted by Gasteiger charge is -2.21. The third kappa shape index (κ3) is 3.90. The summed E-state index contributed by atoms with van der Waals surface area (Å²) in [5, 5.41) is 3.72. The molecular weight excluding hydrogens is 294 g/mol. The smallest absolute Gasteiger partial charge is 0.328 e. The van der Waals surface area contributed by atoms with E-state index in [1.807, 2.05) is 44.3 Å². The molecule has 6 nitrogen and oxygen atoms in total. The number of nitrogens with two attached hydrogens (primary N) is 1. The number of rotatable bonds is 6. The Hall–Kier alpha value is -2.34. The zero-order valence-corrected chi connectivity index (χ0v) is 13.6. The van der Waals surface area contributed by atoms with Gasteiger partial charge in [0.15, 0.2) is 0 Å². The third-order valence-electron chi connectivity index (χ3n) is 3.87. The van der Waals surface area contributed by atoms with Crippen LogP contribution in [0.4, 0.5) is 0 Å². The highest BCUT2D eigenvalue weighted by Crippen LogP contribution is 2.18. The fourth-order valence-electron chi connectivity index (χ4n) is 2.52. The van der Waals surface area contributed by atoms with Crippen LogP contribution in [0.3, 0.4) is 0 Å². The Labute approximate surface area is 135 Å². The van der Waals surface area contributed by atoms with Gasteiger partial charge in [0.05, 0.1) is 13.2 Å². The SMILES string of the molecule is COC(=O)[C@@H](NC(=O)[C@@H](N)Cc1c[nH]c2ccccc12)C(C)C. The number of aromatic nitrogens is 1. The molecule has 23 heavy (non-hydrogen) atoms. The molecule has 124 valence electrons. The lowest BCUT2D eigenvalue weighted by molar-refractivity contribution is -0.146. The molecule has 0 aliphatic heterocycles. The molecule has 0 saturated heterocycles. The van der Waals surface area contributed by atoms with Crippen LogP contribution in [0.1, 0.15) is 19.4 Å². The van der Waals surface area contributed by atoms with Crippen LogP contribution in [0.5, 0.6) is 0 Å². The molecule has 0 spiro atoms. The van der Waals surface area contributed by atoms with Crippen LogP contribution in [0.15, 0.2) is 30.5 Å². The summed E-state index contributed by atoms with van der Waals surface area (Å²) in [5.74, 6) is -0.904. The van der Waals surface area contributed by atoms with E-state index < -0.39 is 18.1 Å². The molecular formula is C17H23N3O3. The summed E-state index contributed by atoms with van der Waals surface area (Å²) >= 11 is 0. The van der Waals surface area contributed by atoms with Gasteiger partial charge in [-0.15, -0.1) is 0 Å². The van der Waals surface area contributed by atoms with Crippen molar-refractivity contribution in [2.24, 2.45) is 11.7 Å². The maximum absolute atomic E-state index is 12.3. The molecule has 4 N–H and O–H groups in total. The van der Waals surface area contributed by atoms with E-state index in [0.29, 0.717) is 6.42 Å². The summed E-state index contributed by atoms with van der Waals surface area (Å²) in [7, 11) is 1.30. The first-order chi connectivity index (χ1) is 10.9. The van der Waals surface area contributed by atoms with E-state index in [1.54, 1.807) is 0 Å². The number of carbonyl (C=O) groups is 2. The van der Waals surface area contributed by atoms with Gasteiger partial charge in [0.2, 0.25) is 5.91 Å². The van der Waals surface area contributed by atoms with Gasteiger partial charge in [-0.1, -0.05) is 32.0 Å². The largest absolute Gasteiger partial charge is 0.467 e. The molecule has 6 heteroatoms. The molecule has 0 saturated carbocycles. The molecule has 0 aliphatic carbocycles. The molecule has 0 unspecified atom stereocenters. The summed E-state index contributed by atoms with van der Waals surface area (Å²) in [4.78, 5) is 27.2. The Morgan fingerprint density at radius 3 is 2.65 bits per heavy atom. The summed E-state index contributed by atoms with van der Waals surface area (Å²) in [6.45, 7) is 3.68. The Morgan fingerprint density at radius 1 is 1.30 bits per heavy atom. The van der Waals surface area contributed by atoms with Crippen LogP contribution in [0, 0.1) is 5.92 Å². The fourth-order valence-corrected chi connectivity index (χ4v) is 2.52. The topological polar surface area (TPSA) is 97.2 Å². The van der Waals surface area contributed by atoms with E-state index >= 15 is 0 Å². The first-order valence-electron chi connectivity index (χ1n) is 7.62. The van der Waals surface area contributed by atoms with Gasteiger partial charge in [0.25, 0.3) is 0 Å². The number of H-pyrrole nitrogens is 1. The maximum Gasteiger partial charge on any atom is 0.328 e. The maximum atomic E-state index is 12.3. The molecule has 1 amide bonds. The van der Waals surface area contributed by atoms with Gasteiger partial charge in [-0.2, -0.15) is 0 Å². The second-order valence-corrected chi connectivity index (χ2v) is 5.92. The second-order valence-electron chi connectivity index (χ2n) is 5.92. The Morgan fingerprint density at radius 2 is 2.00 bits per heavy atom. The summed E-state index contributed by atoms with van der Waals surface area (Å²) in [6, 6.07) is 6.41. The third-order valence-corrected chi connectivity index (χ3v) is 3.87. The highest BCUT2D eigenvalue weighted by Gasteiger charge is 2.27. The van der Waals surface area contributed by atoms with Crippen LogP contribution in [0.25, 0.3) is 10.9 Å². The van der Waals surface area contributed by atoms with Crippen molar-refractivity contribution in [1.29, 1.82) is 0 Å². The minimum Gasteiger partial charge on any atom is -0.467 e. The highest BCUT2D eigenvalue weighted by atomic mass is 16.5. The van der Waals surface area contributed by atoms with Gasteiger partial charge in [0, 0.05) is 17.1 Å². The number of aromatic amines is 1. The van der Waals surface area contributed by atoms with Crippen molar-refractivity contribution in [2.75, 3.05) is 7.11 Å². The molecule has 0 bridgehead atoms. The van der Waals surface area contributed by atoms with E-state index in [0.717, 1.165) is 16.5 Å². The monoisotopic (exact) mass is 317 g/mol. The molecule has 1 aromatic heterocycles. The van der Waals surface area contributed by atoms with Crippen molar-refractivity contribution < 1.29 is 14.3 Å². The van der Waals surface area contributed by atoms with Gasteiger partial charge in [0.1, 0.15) is 6.04 Å². The van der Waals surface area contributed by atoms with E-state index in [2.05, 4.69) is 10.3 Å². The summed E-state index contributed by atoms with van der Waals surface area (Å²) in [5.41, 5.74) is 7.99. The lowest BCUT2D eigenvalue weighted by Crippen LogP contribution is -2.51. The number of benzene rings is 1. The zero-order valence-electron chi connectivity index (χ0n) is 13.6. The van der Waals surface area contributed by atoms with E-state index in [4.69, 9.17) is 10.5 Å². The van der Waals surface area contributed by atoms with Crippen LogP contribution >= 0.6 is 0 Å². The predicted molar refractivity (Wildman–Crippen MR) is 88.8 cm³/mol. The van der Waals surface area contributed by atoms with Gasteiger partial charge in [-0.05, 0) is 24.0 Å². The number of para-hydroxylation sites is 1. The second kappa shape index (κ2) is 7.28. The average Bonchev–Trinajstić information content (AvgIpc) is 2.94. The number of methoxy groups -OCH3 is 1. The molecule has 0 aliphatic rings. The van der Waals surface area contributed by atoms with Crippen molar-refractivity contribution in [1.82, 2.24) is 10.3 Å². The Kier molecular flexibility index (Phi) is 5.39. The number of ether oxygens (including phenoxy) is 1. The molecule has 1 heterocycles. The number of hydrogen-bond donors (Lipinski definition) is 3. The standard InChI is InChI=1S/C17H23N3O3/c1-10(2)15(17(22)23-3)20-16(21)13(18)8-11-9-19-14-7-5-4-6-12(11)14/h4-7,9-10,13,15,19H,8,18H2,1-3H3,(H,20,21)/t13-,15-/m0/s1. The molecule has 2 aromatic rings. The van der Waals surface area contributed by atoms with Gasteiger partial charge in [-0.3, -0.25) is 4.79 Å². The number of hydrogen-bond acceptors (Lipinski definition) is 4. The Balaban J connectivity index is 2.06. The van der Waals surface area contributed by atoms with Crippen LogP contribution in [-0.4, -0.2) is 36.1 Å². The van der Waals surface area contributed by atoms with Gasteiger partial charge >= 0.3 is 5.97 Å². The van der Waals surface area contributed by atoms with Crippen LogP contribution in [0.2, 0.25) is 0 Å². The number of fused-ring (bicyclic) bond motifs is 1. The number of amides is 1. The quantitative estimate of drug-likeness (QED) is 0.701. The van der Waals surface area contributed by atoms with Gasteiger partial charge in [-0.25, -0.2) is 4.79 Å². The summed E-state index contributed by atoms with van der Waals surface area (Å²) < 4.78 is 4.72. The lowest BCUT2D eigenvalue weighted by atomic mass is 10.0. The fraction of sp³-hybridized carbons (Fsp3) is 0.412. The van der Waals surface area contributed by atoms with Gasteiger partial charge < -0.3 is 20.8 Å². The van der Waals surface area contributed by atoms with Crippen LogP contribution < -0.4 is 11.1 Å². The van der Waals surface area contributed by atoms with Crippen molar-refractivity contribution in [3.8, 4) is 0 Å². The first kappa shape index (κ1) is 17.0. The highest BCUT2D eigenvalue weighted by molar-refractivity contribution is 5.89. The van der Waals surface area contributed by atoms with Crippen molar-refractivity contribution >= 4 is 22.8 Å². The average molecular weight is 317 g/mol. The minimum atomic E-state index is -0.736. The van der Waals surface area contributed by atoms with Crippen molar-refractivity contribution in [2.45, 2.75) is 32.4 Å². The molecule has 2 atom stereocenters. The van der Waals surface area contributed by atoms with Crippen molar-refractivity contribution in [3.63, 3.8) is 0 Å². The van der Waals surface area contributed by atoms with E-state index in [1.165, 1.54) is 7.11 Å². The first-order valence-corrected chi connectivity index (χ1v) is 7.62. The Bertz CT molecular complexity index is 693. The van der Waals surface area contributed by atoms with E-state index in [9.17, 15) is 9.59 Å². The molecule has 2 rings (SSSR count). The zero-order chi connectivity index (χ0) is 17.0. The predicted octanol–water partition coefficient (Wildman–Crippen LogP) is 1.35. The van der Waals surface area contributed by atoms with E-state index in [-0.39, 0.29) is 11.8 Å². The molecule has 0 fully saturated rings.